The second-order valence-corrected chi connectivity index (χ2v) is 6.44. The largest absolute Gasteiger partial charge is 0.443 e. The van der Waals surface area contributed by atoms with Gasteiger partial charge in [0.25, 0.3) is 0 Å². The molecule has 1 unspecified atom stereocenters. The normalized spacial score (nSPS) is 16.3. The van der Waals surface area contributed by atoms with Crippen LogP contribution in [0.3, 0.4) is 0 Å². The molecule has 10 heteroatoms. The van der Waals surface area contributed by atoms with Crippen LogP contribution >= 0.6 is 12.4 Å². The zero-order valence-electron chi connectivity index (χ0n) is 15.2. The second kappa shape index (κ2) is 9.47. The number of hydrogen-bond donors (Lipinski definition) is 1. The number of nitrogens with zero attached hydrogens (tertiary/aromatic N) is 3. The maximum absolute atomic E-state index is 14.4. The Kier molecular flexibility index (Phi) is 7.54. The van der Waals surface area contributed by atoms with E-state index in [1.165, 1.54) is 6.07 Å². The molecule has 5 nitrogen and oxygen atoms in total. The van der Waals surface area contributed by atoms with Crippen molar-refractivity contribution in [2.24, 2.45) is 0 Å². The lowest BCUT2D eigenvalue weighted by atomic mass is 9.91. The van der Waals surface area contributed by atoms with Gasteiger partial charge in [-0.15, -0.1) is 12.4 Å². The van der Waals surface area contributed by atoms with Gasteiger partial charge < -0.3 is 10.1 Å². The Morgan fingerprint density at radius 1 is 1.21 bits per heavy atom. The van der Waals surface area contributed by atoms with Crippen LogP contribution < -0.4 is 10.1 Å². The van der Waals surface area contributed by atoms with Gasteiger partial charge in [0, 0.05) is 24.6 Å². The summed E-state index contributed by atoms with van der Waals surface area (Å²) in [6, 6.07) is 3.14. The fraction of sp³-hybridized carbons (Fsp3) is 0.500. The fourth-order valence-electron chi connectivity index (χ4n) is 3.10. The molecule has 0 aliphatic carbocycles. The van der Waals surface area contributed by atoms with Crippen molar-refractivity contribution in [1.29, 1.82) is 0 Å². The Balaban J connectivity index is 0.00000280. The van der Waals surface area contributed by atoms with Crippen LogP contribution in [0, 0.1) is 6.92 Å². The van der Waals surface area contributed by atoms with Gasteiger partial charge >= 0.3 is 6.18 Å². The molecule has 3 rings (SSSR count). The summed E-state index contributed by atoms with van der Waals surface area (Å²) in [6.45, 7) is 3.48. The Labute approximate surface area is 166 Å². The minimum absolute atomic E-state index is 0. The molecule has 0 amide bonds. The third kappa shape index (κ3) is 5.75. The first-order chi connectivity index (χ1) is 12.8. The first kappa shape index (κ1) is 22.3. The minimum atomic E-state index is -4.61. The average molecular weight is 421 g/mol. The number of ether oxygens (including phenoxy) is 1. The van der Waals surface area contributed by atoms with Crippen LogP contribution in [0.1, 0.15) is 41.5 Å². The van der Waals surface area contributed by atoms with Crippen LogP contribution in [0.2, 0.25) is 0 Å². The van der Waals surface area contributed by atoms with Gasteiger partial charge in [-0.25, -0.2) is 19.3 Å². The van der Waals surface area contributed by atoms with E-state index in [0.29, 0.717) is 11.4 Å². The van der Waals surface area contributed by atoms with E-state index in [4.69, 9.17) is 4.74 Å². The van der Waals surface area contributed by atoms with Crippen molar-refractivity contribution in [2.75, 3.05) is 13.1 Å². The molecule has 0 saturated carbocycles. The van der Waals surface area contributed by atoms with Crippen LogP contribution in [0.25, 0.3) is 0 Å². The first-order valence-electron chi connectivity index (χ1n) is 8.71. The highest BCUT2D eigenvalue weighted by Crippen LogP contribution is 2.30. The van der Waals surface area contributed by atoms with Crippen LogP contribution in [0.4, 0.5) is 17.6 Å². The molecule has 1 aliphatic rings. The Morgan fingerprint density at radius 3 is 2.61 bits per heavy atom. The van der Waals surface area contributed by atoms with Gasteiger partial charge in [-0.1, -0.05) is 6.07 Å². The number of nitrogens with one attached hydrogen (secondary N) is 1. The van der Waals surface area contributed by atoms with E-state index in [1.54, 1.807) is 13.1 Å². The summed E-state index contributed by atoms with van der Waals surface area (Å²) in [4.78, 5) is 11.9. The molecule has 1 fully saturated rings. The summed E-state index contributed by atoms with van der Waals surface area (Å²) in [5.41, 5.74) is 0.264. The van der Waals surface area contributed by atoms with Crippen molar-refractivity contribution >= 4 is 12.4 Å². The SMILES string of the molecule is Cc1ncc(CC(F)Oc2cccc(C(F)(F)F)n2)c(C2CCNCC2)n1.Cl. The smallest absolute Gasteiger partial charge is 0.433 e. The highest BCUT2D eigenvalue weighted by molar-refractivity contribution is 5.85. The summed E-state index contributed by atoms with van der Waals surface area (Å²) < 4.78 is 57.6. The average Bonchev–Trinajstić information content (AvgIpc) is 2.63. The van der Waals surface area contributed by atoms with E-state index >= 15 is 0 Å². The van der Waals surface area contributed by atoms with Crippen molar-refractivity contribution < 1.29 is 22.3 Å². The zero-order chi connectivity index (χ0) is 19.4. The molecule has 1 N–H and O–H groups in total. The molecular formula is C18H21ClF4N4O. The quantitative estimate of drug-likeness (QED) is 0.741. The number of rotatable bonds is 5. The lowest BCUT2D eigenvalue weighted by Gasteiger charge is -2.24. The molecule has 1 saturated heterocycles. The molecular weight excluding hydrogens is 400 g/mol. The molecule has 3 heterocycles. The molecule has 0 radical (unpaired) electrons. The molecule has 154 valence electrons. The van der Waals surface area contributed by atoms with Crippen LogP contribution in [0.15, 0.2) is 24.4 Å². The predicted octanol–water partition coefficient (Wildman–Crippen LogP) is 4.00. The van der Waals surface area contributed by atoms with Crippen LogP contribution in [-0.4, -0.2) is 34.4 Å². The summed E-state index contributed by atoms with van der Waals surface area (Å²) in [5, 5.41) is 3.27. The van der Waals surface area contributed by atoms with E-state index in [9.17, 15) is 17.6 Å². The number of halogens is 5. The van der Waals surface area contributed by atoms with Crippen molar-refractivity contribution in [3.05, 3.63) is 47.2 Å². The number of alkyl halides is 4. The highest BCUT2D eigenvalue weighted by Gasteiger charge is 2.33. The van der Waals surface area contributed by atoms with E-state index in [0.717, 1.165) is 43.8 Å². The molecule has 2 aromatic heterocycles. The van der Waals surface area contributed by atoms with Crippen molar-refractivity contribution in [3.63, 3.8) is 0 Å². The molecule has 28 heavy (non-hydrogen) atoms. The molecule has 2 aromatic rings. The summed E-state index contributed by atoms with van der Waals surface area (Å²) in [6.07, 6.45) is -3.29. The monoisotopic (exact) mass is 420 g/mol. The lowest BCUT2D eigenvalue weighted by Crippen LogP contribution is -2.28. The number of hydrogen-bond acceptors (Lipinski definition) is 5. The van der Waals surface area contributed by atoms with Gasteiger partial charge in [0.2, 0.25) is 12.2 Å². The molecule has 0 spiro atoms. The van der Waals surface area contributed by atoms with Gasteiger partial charge in [-0.2, -0.15) is 13.2 Å². The van der Waals surface area contributed by atoms with Crippen LogP contribution in [-0.2, 0) is 12.6 Å². The maximum Gasteiger partial charge on any atom is 0.433 e. The number of aromatic nitrogens is 3. The molecule has 0 bridgehead atoms. The van der Waals surface area contributed by atoms with Gasteiger partial charge in [-0.3, -0.25) is 0 Å². The summed E-state index contributed by atoms with van der Waals surface area (Å²) in [5.74, 6) is 0.388. The number of pyridine rings is 1. The summed E-state index contributed by atoms with van der Waals surface area (Å²) >= 11 is 0. The Bertz CT molecular complexity index is 784. The highest BCUT2D eigenvalue weighted by atomic mass is 35.5. The lowest BCUT2D eigenvalue weighted by molar-refractivity contribution is -0.141. The van der Waals surface area contributed by atoms with Crippen molar-refractivity contribution in [3.8, 4) is 5.88 Å². The van der Waals surface area contributed by atoms with Crippen molar-refractivity contribution in [2.45, 2.75) is 44.6 Å². The van der Waals surface area contributed by atoms with Gasteiger partial charge in [0.1, 0.15) is 11.5 Å². The first-order valence-corrected chi connectivity index (χ1v) is 8.71. The Morgan fingerprint density at radius 2 is 1.93 bits per heavy atom. The van der Waals surface area contributed by atoms with E-state index in [-0.39, 0.29) is 24.7 Å². The molecule has 0 aromatic carbocycles. The molecule has 1 aliphatic heterocycles. The fourth-order valence-corrected chi connectivity index (χ4v) is 3.10. The Hall–Kier alpha value is -2.00. The van der Waals surface area contributed by atoms with E-state index < -0.39 is 24.1 Å². The van der Waals surface area contributed by atoms with Gasteiger partial charge in [0.15, 0.2) is 0 Å². The molecule has 1 atom stereocenters. The predicted molar refractivity (Wildman–Crippen MR) is 97.3 cm³/mol. The maximum atomic E-state index is 14.4. The second-order valence-electron chi connectivity index (χ2n) is 6.44. The third-order valence-corrected chi connectivity index (χ3v) is 4.39. The number of aryl methyl sites for hydroxylation is 1. The van der Waals surface area contributed by atoms with Crippen LogP contribution in [0.5, 0.6) is 5.88 Å². The summed E-state index contributed by atoms with van der Waals surface area (Å²) in [7, 11) is 0. The van der Waals surface area contributed by atoms with E-state index in [1.807, 2.05) is 0 Å². The number of piperidine rings is 1. The standard InChI is InChI=1S/C18H20F4N4O.ClH/c1-11-24-10-13(17(25-11)12-5-7-23-8-6-12)9-15(19)27-16-4-2-3-14(26-16)18(20,21)22;/h2-4,10,12,15,23H,5-9H2,1H3;1H. The van der Waals surface area contributed by atoms with E-state index in [2.05, 4.69) is 20.3 Å². The third-order valence-electron chi connectivity index (χ3n) is 4.39. The van der Waals surface area contributed by atoms with Gasteiger partial charge in [0.05, 0.1) is 5.69 Å². The minimum Gasteiger partial charge on any atom is -0.443 e. The van der Waals surface area contributed by atoms with Gasteiger partial charge in [-0.05, 0) is 44.5 Å². The van der Waals surface area contributed by atoms with Crippen molar-refractivity contribution in [1.82, 2.24) is 20.3 Å². The zero-order valence-corrected chi connectivity index (χ0v) is 16.0. The topological polar surface area (TPSA) is 59.9 Å².